The first-order chi connectivity index (χ1) is 10.1. The molecule has 0 amide bonds. The molecule has 0 saturated carbocycles. The standard InChI is InChI=1S/C17H18BrClFN/c1-2-21-15(10-12-6-8-14(18)9-7-12)11-13-4-3-5-16(19)17(13)20/h3-9,15,21H,2,10-11H2,1H3. The van der Waals surface area contributed by atoms with E-state index in [1.165, 1.54) is 5.56 Å². The summed E-state index contributed by atoms with van der Waals surface area (Å²) in [5.41, 5.74) is 1.89. The molecule has 0 saturated heterocycles. The second-order valence-corrected chi connectivity index (χ2v) is 6.33. The Kier molecular flexibility index (Phi) is 6.22. The van der Waals surface area contributed by atoms with Gasteiger partial charge < -0.3 is 5.32 Å². The van der Waals surface area contributed by atoms with Crippen LogP contribution in [0.15, 0.2) is 46.9 Å². The molecule has 1 unspecified atom stereocenters. The lowest BCUT2D eigenvalue weighted by molar-refractivity contribution is 0.506. The monoisotopic (exact) mass is 369 g/mol. The van der Waals surface area contributed by atoms with E-state index in [9.17, 15) is 4.39 Å². The molecule has 21 heavy (non-hydrogen) atoms. The second kappa shape index (κ2) is 7.92. The van der Waals surface area contributed by atoms with Crippen LogP contribution in [0.4, 0.5) is 4.39 Å². The van der Waals surface area contributed by atoms with Crippen LogP contribution in [0.25, 0.3) is 0 Å². The Bertz CT molecular complexity index is 586. The van der Waals surface area contributed by atoms with Gasteiger partial charge in [-0.25, -0.2) is 4.39 Å². The fourth-order valence-electron chi connectivity index (χ4n) is 2.38. The van der Waals surface area contributed by atoms with E-state index in [1.54, 1.807) is 18.2 Å². The van der Waals surface area contributed by atoms with E-state index in [0.29, 0.717) is 12.0 Å². The Balaban J connectivity index is 2.11. The van der Waals surface area contributed by atoms with E-state index in [4.69, 9.17) is 11.6 Å². The van der Waals surface area contributed by atoms with Crippen molar-refractivity contribution in [1.29, 1.82) is 0 Å². The van der Waals surface area contributed by atoms with Crippen LogP contribution in [0.1, 0.15) is 18.1 Å². The second-order valence-electron chi connectivity index (χ2n) is 5.00. The van der Waals surface area contributed by atoms with Gasteiger partial charge >= 0.3 is 0 Å². The average molecular weight is 371 g/mol. The Morgan fingerprint density at radius 1 is 1.14 bits per heavy atom. The zero-order chi connectivity index (χ0) is 15.2. The fraction of sp³-hybridized carbons (Fsp3) is 0.294. The van der Waals surface area contributed by atoms with Crippen molar-refractivity contribution in [2.45, 2.75) is 25.8 Å². The van der Waals surface area contributed by atoms with Gasteiger partial charge in [-0.3, -0.25) is 0 Å². The molecule has 1 atom stereocenters. The highest BCUT2D eigenvalue weighted by atomic mass is 79.9. The molecule has 0 radical (unpaired) electrons. The summed E-state index contributed by atoms with van der Waals surface area (Å²) in [4.78, 5) is 0. The Labute approximate surface area is 138 Å². The van der Waals surface area contributed by atoms with Gasteiger partial charge in [0.2, 0.25) is 0 Å². The summed E-state index contributed by atoms with van der Waals surface area (Å²) >= 11 is 9.29. The summed E-state index contributed by atoms with van der Waals surface area (Å²) in [6.07, 6.45) is 1.48. The topological polar surface area (TPSA) is 12.0 Å². The lowest BCUT2D eigenvalue weighted by Crippen LogP contribution is -2.33. The third-order valence-corrected chi connectivity index (χ3v) is 4.21. The van der Waals surface area contributed by atoms with Crippen molar-refractivity contribution in [3.05, 3.63) is 68.9 Å². The predicted octanol–water partition coefficient (Wildman–Crippen LogP) is 5.00. The van der Waals surface area contributed by atoms with Crippen molar-refractivity contribution >= 4 is 27.5 Å². The number of nitrogens with one attached hydrogen (secondary N) is 1. The highest BCUT2D eigenvalue weighted by Gasteiger charge is 2.14. The summed E-state index contributed by atoms with van der Waals surface area (Å²) in [6.45, 7) is 2.91. The molecule has 0 fully saturated rings. The third-order valence-electron chi connectivity index (χ3n) is 3.39. The summed E-state index contributed by atoms with van der Waals surface area (Å²) in [5, 5.41) is 3.61. The molecule has 0 aromatic heterocycles. The minimum Gasteiger partial charge on any atom is -0.314 e. The molecule has 2 rings (SSSR count). The summed E-state index contributed by atoms with van der Waals surface area (Å²) in [5.74, 6) is -0.308. The largest absolute Gasteiger partial charge is 0.314 e. The van der Waals surface area contributed by atoms with Crippen LogP contribution in [0.2, 0.25) is 5.02 Å². The molecule has 0 aliphatic heterocycles. The molecule has 0 aliphatic rings. The first kappa shape index (κ1) is 16.5. The fourth-order valence-corrected chi connectivity index (χ4v) is 2.84. The Hall–Kier alpha value is -0.900. The highest BCUT2D eigenvalue weighted by Crippen LogP contribution is 2.20. The summed E-state index contributed by atoms with van der Waals surface area (Å²) in [6, 6.07) is 13.6. The van der Waals surface area contributed by atoms with Gasteiger partial charge in [0.1, 0.15) is 5.82 Å². The highest BCUT2D eigenvalue weighted by molar-refractivity contribution is 9.10. The number of hydrogen-bond donors (Lipinski definition) is 1. The van der Waals surface area contributed by atoms with Crippen LogP contribution >= 0.6 is 27.5 Å². The molecule has 0 aliphatic carbocycles. The maximum atomic E-state index is 14.0. The third kappa shape index (κ3) is 4.80. The number of hydrogen-bond acceptors (Lipinski definition) is 1. The van der Waals surface area contributed by atoms with Crippen LogP contribution in [0, 0.1) is 5.82 Å². The average Bonchev–Trinajstić information content (AvgIpc) is 2.46. The van der Waals surface area contributed by atoms with E-state index in [0.717, 1.165) is 17.4 Å². The lowest BCUT2D eigenvalue weighted by Gasteiger charge is -2.19. The van der Waals surface area contributed by atoms with Crippen molar-refractivity contribution in [3.8, 4) is 0 Å². The van der Waals surface area contributed by atoms with Gasteiger partial charge in [-0.15, -0.1) is 0 Å². The molecule has 4 heteroatoms. The maximum absolute atomic E-state index is 14.0. The van der Waals surface area contributed by atoms with Crippen molar-refractivity contribution in [3.63, 3.8) is 0 Å². The first-order valence-electron chi connectivity index (χ1n) is 7.01. The van der Waals surface area contributed by atoms with Crippen molar-refractivity contribution in [1.82, 2.24) is 5.32 Å². The van der Waals surface area contributed by atoms with E-state index in [1.807, 2.05) is 12.1 Å². The normalized spacial score (nSPS) is 12.4. The molecule has 0 bridgehead atoms. The van der Waals surface area contributed by atoms with Crippen LogP contribution in [0.5, 0.6) is 0 Å². The number of likely N-dealkylation sites (N-methyl/N-ethyl adjacent to an activating group) is 1. The number of benzene rings is 2. The maximum Gasteiger partial charge on any atom is 0.145 e. The minimum atomic E-state index is -0.308. The van der Waals surface area contributed by atoms with Crippen molar-refractivity contribution in [2.75, 3.05) is 6.54 Å². The summed E-state index contributed by atoms with van der Waals surface area (Å²) < 4.78 is 15.1. The minimum absolute atomic E-state index is 0.184. The smallest absolute Gasteiger partial charge is 0.145 e. The Morgan fingerprint density at radius 2 is 1.86 bits per heavy atom. The molecular formula is C17H18BrClFN. The molecular weight excluding hydrogens is 353 g/mol. The van der Waals surface area contributed by atoms with Gasteiger partial charge in [0.25, 0.3) is 0 Å². The van der Waals surface area contributed by atoms with Gasteiger partial charge in [0.05, 0.1) is 5.02 Å². The lowest BCUT2D eigenvalue weighted by atomic mass is 9.98. The van der Waals surface area contributed by atoms with E-state index in [-0.39, 0.29) is 16.9 Å². The van der Waals surface area contributed by atoms with Gasteiger partial charge in [-0.1, -0.05) is 58.7 Å². The van der Waals surface area contributed by atoms with Gasteiger partial charge in [-0.2, -0.15) is 0 Å². The molecule has 2 aromatic carbocycles. The number of rotatable bonds is 6. The van der Waals surface area contributed by atoms with E-state index >= 15 is 0 Å². The first-order valence-corrected chi connectivity index (χ1v) is 8.18. The van der Waals surface area contributed by atoms with Crippen molar-refractivity contribution < 1.29 is 4.39 Å². The molecule has 0 heterocycles. The quantitative estimate of drug-likeness (QED) is 0.754. The van der Waals surface area contributed by atoms with Crippen LogP contribution in [-0.2, 0) is 12.8 Å². The molecule has 0 spiro atoms. The molecule has 1 N–H and O–H groups in total. The van der Waals surface area contributed by atoms with Crippen LogP contribution in [-0.4, -0.2) is 12.6 Å². The molecule has 2 aromatic rings. The zero-order valence-corrected chi connectivity index (χ0v) is 14.2. The van der Waals surface area contributed by atoms with Gasteiger partial charge in [-0.05, 0) is 48.7 Å². The van der Waals surface area contributed by atoms with Gasteiger partial charge in [0, 0.05) is 10.5 Å². The Morgan fingerprint density at radius 3 is 2.52 bits per heavy atom. The van der Waals surface area contributed by atoms with Gasteiger partial charge in [0.15, 0.2) is 0 Å². The summed E-state index contributed by atoms with van der Waals surface area (Å²) in [7, 11) is 0. The SMILES string of the molecule is CCNC(Cc1ccc(Br)cc1)Cc1cccc(Cl)c1F. The van der Waals surface area contributed by atoms with E-state index in [2.05, 4.69) is 40.3 Å². The van der Waals surface area contributed by atoms with Crippen molar-refractivity contribution in [2.24, 2.45) is 0 Å². The zero-order valence-electron chi connectivity index (χ0n) is 11.9. The predicted molar refractivity (Wildman–Crippen MR) is 90.4 cm³/mol. The molecule has 1 nitrogen and oxygen atoms in total. The molecule has 112 valence electrons. The van der Waals surface area contributed by atoms with Crippen LogP contribution < -0.4 is 5.32 Å². The van der Waals surface area contributed by atoms with Crippen LogP contribution in [0.3, 0.4) is 0 Å². The number of halogens is 3. The van der Waals surface area contributed by atoms with E-state index < -0.39 is 0 Å².